The molecule has 0 spiro atoms. The maximum atomic E-state index is 10.1. The van der Waals surface area contributed by atoms with Crippen LogP contribution in [0.4, 0.5) is 0 Å². The number of rotatable bonds is 6. The molecule has 0 amide bonds. The second-order valence-electron chi connectivity index (χ2n) is 5.71. The summed E-state index contributed by atoms with van der Waals surface area (Å²) in [6.45, 7) is 0.821. The first-order valence-corrected chi connectivity index (χ1v) is 7.80. The van der Waals surface area contributed by atoms with Crippen molar-refractivity contribution in [1.82, 2.24) is 0 Å². The number of aryl methyl sites for hydroxylation is 1. The number of ether oxygens (including phenoxy) is 1. The van der Waals surface area contributed by atoms with Gasteiger partial charge in [-0.05, 0) is 42.0 Å². The smallest absolute Gasteiger partial charge is 0.122 e. The van der Waals surface area contributed by atoms with E-state index in [1.807, 2.05) is 30.3 Å². The highest BCUT2D eigenvalue weighted by Crippen LogP contribution is 2.27. The maximum absolute atomic E-state index is 10.1. The Kier molecular flexibility index (Phi) is 4.56. The van der Waals surface area contributed by atoms with Crippen LogP contribution in [-0.2, 0) is 12.8 Å². The second kappa shape index (κ2) is 6.77. The first kappa shape index (κ1) is 14.2. The molecule has 1 N–H and O–H groups in total. The molecule has 3 rings (SSSR count). The van der Waals surface area contributed by atoms with E-state index in [9.17, 15) is 5.11 Å². The Balaban J connectivity index is 1.44. The van der Waals surface area contributed by atoms with E-state index < -0.39 is 0 Å². The fourth-order valence-corrected chi connectivity index (χ4v) is 2.90. The molecule has 0 bridgehead atoms. The lowest BCUT2D eigenvalue weighted by molar-refractivity contribution is 0.163. The van der Waals surface area contributed by atoms with Gasteiger partial charge in [-0.3, -0.25) is 0 Å². The number of hydrogen-bond donors (Lipinski definition) is 1. The number of fused-ring (bicyclic) bond motifs is 1. The second-order valence-corrected chi connectivity index (χ2v) is 5.71. The molecule has 1 aliphatic heterocycles. The van der Waals surface area contributed by atoms with E-state index >= 15 is 0 Å². The molecule has 0 saturated carbocycles. The van der Waals surface area contributed by atoms with Crippen molar-refractivity contribution in [3.8, 4) is 5.75 Å². The van der Waals surface area contributed by atoms with Crippen LogP contribution < -0.4 is 4.74 Å². The van der Waals surface area contributed by atoms with Crippen LogP contribution in [0.2, 0.25) is 0 Å². The molecule has 0 fully saturated rings. The summed E-state index contributed by atoms with van der Waals surface area (Å²) >= 11 is 0. The topological polar surface area (TPSA) is 29.5 Å². The van der Waals surface area contributed by atoms with Gasteiger partial charge in [0.1, 0.15) is 5.75 Å². The van der Waals surface area contributed by atoms with Gasteiger partial charge in [0.15, 0.2) is 0 Å². The summed E-state index contributed by atoms with van der Waals surface area (Å²) in [5.41, 5.74) is 3.75. The SMILES string of the molecule is OC(CCCCc1ccc2c(c1)CCO2)c1ccccc1. The third kappa shape index (κ3) is 3.64. The normalized spacial score (nSPS) is 14.5. The van der Waals surface area contributed by atoms with Crippen molar-refractivity contribution in [2.24, 2.45) is 0 Å². The van der Waals surface area contributed by atoms with Gasteiger partial charge < -0.3 is 9.84 Å². The molecule has 1 heterocycles. The van der Waals surface area contributed by atoms with Crippen LogP contribution in [0.5, 0.6) is 5.75 Å². The van der Waals surface area contributed by atoms with Crippen molar-refractivity contribution in [2.75, 3.05) is 6.61 Å². The van der Waals surface area contributed by atoms with Crippen LogP contribution in [0.15, 0.2) is 48.5 Å². The summed E-state index contributed by atoms with van der Waals surface area (Å²) in [6, 6.07) is 16.4. The molecular formula is C19H22O2. The predicted molar refractivity (Wildman–Crippen MR) is 84.6 cm³/mol. The van der Waals surface area contributed by atoms with E-state index in [2.05, 4.69) is 18.2 Å². The molecule has 0 saturated heterocycles. The van der Waals surface area contributed by atoms with Gasteiger partial charge in [-0.25, -0.2) is 0 Å². The summed E-state index contributed by atoms with van der Waals surface area (Å²) in [5, 5.41) is 10.1. The molecular weight excluding hydrogens is 260 g/mol. The Bertz CT molecular complexity index is 577. The van der Waals surface area contributed by atoms with Crippen molar-refractivity contribution in [2.45, 2.75) is 38.2 Å². The Morgan fingerprint density at radius 1 is 1.05 bits per heavy atom. The molecule has 1 aliphatic rings. The van der Waals surface area contributed by atoms with Crippen molar-refractivity contribution >= 4 is 0 Å². The van der Waals surface area contributed by atoms with Crippen LogP contribution >= 0.6 is 0 Å². The van der Waals surface area contributed by atoms with Crippen LogP contribution in [0.3, 0.4) is 0 Å². The van der Waals surface area contributed by atoms with Crippen molar-refractivity contribution in [3.05, 3.63) is 65.2 Å². The molecule has 21 heavy (non-hydrogen) atoms. The van der Waals surface area contributed by atoms with E-state index in [0.29, 0.717) is 0 Å². The van der Waals surface area contributed by atoms with Crippen molar-refractivity contribution in [3.63, 3.8) is 0 Å². The van der Waals surface area contributed by atoms with Crippen molar-refractivity contribution < 1.29 is 9.84 Å². The molecule has 110 valence electrons. The standard InChI is InChI=1S/C19H22O2/c20-18(16-7-2-1-3-8-16)9-5-4-6-15-10-11-19-17(14-15)12-13-21-19/h1-3,7-8,10-11,14,18,20H,4-6,9,12-13H2. The number of aliphatic hydroxyl groups is 1. The van der Waals surface area contributed by atoms with Crippen molar-refractivity contribution in [1.29, 1.82) is 0 Å². The van der Waals surface area contributed by atoms with Gasteiger partial charge in [0.05, 0.1) is 12.7 Å². The first-order chi connectivity index (χ1) is 10.3. The summed E-state index contributed by atoms with van der Waals surface area (Å²) in [5.74, 6) is 1.05. The minimum absolute atomic E-state index is 0.334. The molecule has 2 heteroatoms. The first-order valence-electron chi connectivity index (χ1n) is 7.80. The highest BCUT2D eigenvalue weighted by molar-refractivity contribution is 5.39. The van der Waals surface area contributed by atoms with Crippen LogP contribution in [0, 0.1) is 0 Å². The van der Waals surface area contributed by atoms with Gasteiger partial charge in [-0.15, -0.1) is 0 Å². The molecule has 0 aliphatic carbocycles. The number of benzene rings is 2. The van der Waals surface area contributed by atoms with E-state index in [-0.39, 0.29) is 6.10 Å². The lowest BCUT2D eigenvalue weighted by Crippen LogP contribution is -1.97. The average molecular weight is 282 g/mol. The van der Waals surface area contributed by atoms with Crippen LogP contribution in [0.25, 0.3) is 0 Å². The Hall–Kier alpha value is -1.80. The predicted octanol–water partition coefficient (Wildman–Crippen LogP) is 4.07. The molecule has 1 unspecified atom stereocenters. The van der Waals surface area contributed by atoms with Crippen LogP contribution in [-0.4, -0.2) is 11.7 Å². The van der Waals surface area contributed by atoms with Gasteiger partial charge in [0.25, 0.3) is 0 Å². The third-order valence-corrected chi connectivity index (χ3v) is 4.13. The average Bonchev–Trinajstić information content (AvgIpc) is 3.00. The molecule has 1 atom stereocenters. The molecule has 2 aromatic rings. The number of aliphatic hydroxyl groups excluding tert-OH is 1. The van der Waals surface area contributed by atoms with Gasteiger partial charge in [0.2, 0.25) is 0 Å². The fraction of sp³-hybridized carbons (Fsp3) is 0.368. The zero-order valence-corrected chi connectivity index (χ0v) is 12.3. The summed E-state index contributed by atoms with van der Waals surface area (Å²) < 4.78 is 5.53. The quantitative estimate of drug-likeness (QED) is 0.809. The maximum Gasteiger partial charge on any atom is 0.122 e. The van der Waals surface area contributed by atoms with Gasteiger partial charge in [0, 0.05) is 6.42 Å². The lowest BCUT2D eigenvalue weighted by atomic mass is 10.00. The van der Waals surface area contributed by atoms with E-state index in [0.717, 1.165) is 50.0 Å². The lowest BCUT2D eigenvalue weighted by Gasteiger charge is -2.10. The van der Waals surface area contributed by atoms with Crippen LogP contribution in [0.1, 0.15) is 42.1 Å². The number of hydrogen-bond acceptors (Lipinski definition) is 2. The zero-order chi connectivity index (χ0) is 14.5. The summed E-state index contributed by atoms with van der Waals surface area (Å²) in [7, 11) is 0. The Labute approximate surface area is 126 Å². The van der Waals surface area contributed by atoms with Gasteiger partial charge in [-0.2, -0.15) is 0 Å². The molecule has 2 nitrogen and oxygen atoms in total. The monoisotopic (exact) mass is 282 g/mol. The number of unbranched alkanes of at least 4 members (excludes halogenated alkanes) is 1. The highest BCUT2D eigenvalue weighted by atomic mass is 16.5. The van der Waals surface area contributed by atoms with Gasteiger partial charge in [-0.1, -0.05) is 48.9 Å². The largest absolute Gasteiger partial charge is 0.493 e. The molecule has 0 aromatic heterocycles. The highest BCUT2D eigenvalue weighted by Gasteiger charge is 2.12. The van der Waals surface area contributed by atoms with Gasteiger partial charge >= 0.3 is 0 Å². The summed E-state index contributed by atoms with van der Waals surface area (Å²) in [6.07, 6.45) is 4.77. The third-order valence-electron chi connectivity index (χ3n) is 4.13. The van der Waals surface area contributed by atoms with E-state index in [4.69, 9.17) is 4.74 Å². The Morgan fingerprint density at radius 2 is 1.90 bits per heavy atom. The fourth-order valence-electron chi connectivity index (χ4n) is 2.90. The minimum atomic E-state index is -0.334. The summed E-state index contributed by atoms with van der Waals surface area (Å²) in [4.78, 5) is 0. The zero-order valence-electron chi connectivity index (χ0n) is 12.3. The molecule has 2 aromatic carbocycles. The molecule has 0 radical (unpaired) electrons. The minimum Gasteiger partial charge on any atom is -0.493 e. The Morgan fingerprint density at radius 3 is 2.76 bits per heavy atom. The van der Waals surface area contributed by atoms with E-state index in [1.54, 1.807) is 0 Å². The van der Waals surface area contributed by atoms with E-state index in [1.165, 1.54) is 11.1 Å².